The number of nitrogens with zero attached hydrogens (tertiary/aromatic N) is 2. The number of anilines is 2. The highest BCUT2D eigenvalue weighted by Gasteiger charge is 2.27. The van der Waals surface area contributed by atoms with Gasteiger partial charge in [-0.05, 0) is 49.9 Å². The van der Waals surface area contributed by atoms with Crippen LogP contribution in [0.25, 0.3) is 0 Å². The van der Waals surface area contributed by atoms with Crippen molar-refractivity contribution in [3.05, 3.63) is 24.3 Å². The summed E-state index contributed by atoms with van der Waals surface area (Å²) in [6.45, 7) is 14.2. The van der Waals surface area contributed by atoms with E-state index < -0.39 is 12.2 Å². The Labute approximate surface area is 157 Å². The molecule has 0 aromatic heterocycles. The predicted molar refractivity (Wildman–Crippen MR) is 105 cm³/mol. The number of ether oxygens (including phenoxy) is 2. The van der Waals surface area contributed by atoms with Crippen molar-refractivity contribution in [3.63, 3.8) is 0 Å². The summed E-state index contributed by atoms with van der Waals surface area (Å²) in [7, 11) is 0. The van der Waals surface area contributed by atoms with E-state index >= 15 is 0 Å². The Bertz CT molecular complexity index is 542. The topological polar surface area (TPSA) is 59.1 Å². The number of carbonyl (C=O) groups excluding carboxylic acids is 2. The van der Waals surface area contributed by atoms with Gasteiger partial charge in [-0.3, -0.25) is 0 Å². The Morgan fingerprint density at radius 1 is 0.808 bits per heavy atom. The Kier molecular flexibility index (Phi) is 8.96. The molecule has 0 unspecified atom stereocenters. The molecule has 6 heteroatoms. The van der Waals surface area contributed by atoms with Crippen LogP contribution in [0.1, 0.15) is 41.5 Å². The first kappa shape index (κ1) is 21.8. The van der Waals surface area contributed by atoms with Gasteiger partial charge in [0, 0.05) is 18.8 Å². The molecule has 1 aromatic carbocycles. The first-order valence-corrected chi connectivity index (χ1v) is 9.28. The SMILES string of the molecule is CCN(CC)c1ccc(N(C(=O)OCC(C)C)C(=O)OCC(C)C)cc1. The molecule has 2 amide bonds. The molecule has 0 radical (unpaired) electrons. The molecule has 0 spiro atoms. The van der Waals surface area contributed by atoms with Crippen LogP contribution in [0.15, 0.2) is 24.3 Å². The van der Waals surface area contributed by atoms with Crippen LogP contribution < -0.4 is 9.80 Å². The maximum Gasteiger partial charge on any atom is 0.424 e. The van der Waals surface area contributed by atoms with Crippen LogP contribution in [-0.4, -0.2) is 38.5 Å². The summed E-state index contributed by atoms with van der Waals surface area (Å²) >= 11 is 0. The summed E-state index contributed by atoms with van der Waals surface area (Å²) < 4.78 is 10.5. The lowest BCUT2D eigenvalue weighted by molar-refractivity contribution is 0.121. The average Bonchev–Trinajstić information content (AvgIpc) is 2.60. The fourth-order valence-corrected chi connectivity index (χ4v) is 2.29. The molecule has 0 heterocycles. The van der Waals surface area contributed by atoms with E-state index in [-0.39, 0.29) is 25.0 Å². The molecule has 1 aromatic rings. The number of hydrogen-bond acceptors (Lipinski definition) is 5. The van der Waals surface area contributed by atoms with Crippen molar-refractivity contribution in [1.29, 1.82) is 0 Å². The number of amides is 2. The lowest BCUT2D eigenvalue weighted by atomic mass is 10.2. The minimum absolute atomic E-state index is 0.178. The lowest BCUT2D eigenvalue weighted by Gasteiger charge is -2.24. The Hall–Kier alpha value is -2.24. The van der Waals surface area contributed by atoms with Gasteiger partial charge in [0.05, 0.1) is 18.9 Å². The van der Waals surface area contributed by atoms with Gasteiger partial charge in [-0.15, -0.1) is 0 Å². The largest absolute Gasteiger partial charge is 0.448 e. The average molecular weight is 364 g/mol. The van der Waals surface area contributed by atoms with Crippen LogP contribution in [0, 0.1) is 11.8 Å². The molecule has 1 rings (SSSR count). The second kappa shape index (κ2) is 10.7. The van der Waals surface area contributed by atoms with Crippen molar-refractivity contribution in [3.8, 4) is 0 Å². The number of carbonyl (C=O) groups is 2. The van der Waals surface area contributed by atoms with E-state index in [1.807, 2.05) is 39.8 Å². The lowest BCUT2D eigenvalue weighted by Crippen LogP contribution is -2.39. The molecular formula is C20H32N2O4. The fraction of sp³-hybridized carbons (Fsp3) is 0.600. The summed E-state index contributed by atoms with van der Waals surface area (Å²) in [5, 5.41) is 0. The summed E-state index contributed by atoms with van der Waals surface area (Å²) in [4.78, 5) is 28.1. The van der Waals surface area contributed by atoms with Crippen LogP contribution in [0.2, 0.25) is 0 Å². The first-order valence-electron chi connectivity index (χ1n) is 9.28. The molecule has 0 aliphatic heterocycles. The number of rotatable bonds is 8. The zero-order valence-corrected chi connectivity index (χ0v) is 16.8. The van der Waals surface area contributed by atoms with E-state index in [1.54, 1.807) is 12.1 Å². The Morgan fingerprint density at radius 3 is 1.54 bits per heavy atom. The Morgan fingerprint density at radius 2 is 1.19 bits per heavy atom. The van der Waals surface area contributed by atoms with Gasteiger partial charge in [0.25, 0.3) is 0 Å². The molecule has 0 aliphatic carbocycles. The number of benzene rings is 1. The monoisotopic (exact) mass is 364 g/mol. The van der Waals surface area contributed by atoms with Crippen molar-refractivity contribution in [2.45, 2.75) is 41.5 Å². The van der Waals surface area contributed by atoms with Crippen LogP contribution in [0.5, 0.6) is 0 Å². The van der Waals surface area contributed by atoms with E-state index in [1.165, 1.54) is 0 Å². The zero-order valence-electron chi connectivity index (χ0n) is 16.8. The van der Waals surface area contributed by atoms with Crippen molar-refractivity contribution in [2.75, 3.05) is 36.1 Å². The smallest absolute Gasteiger partial charge is 0.424 e. The summed E-state index contributed by atoms with van der Waals surface area (Å²) in [5.74, 6) is 0.357. The van der Waals surface area contributed by atoms with Gasteiger partial charge in [-0.2, -0.15) is 4.90 Å². The molecule has 0 atom stereocenters. The van der Waals surface area contributed by atoms with Crippen molar-refractivity contribution < 1.29 is 19.1 Å². The van der Waals surface area contributed by atoms with E-state index in [0.717, 1.165) is 23.7 Å². The van der Waals surface area contributed by atoms with Crippen LogP contribution in [0.3, 0.4) is 0 Å². The minimum atomic E-state index is -0.719. The zero-order chi connectivity index (χ0) is 19.7. The third kappa shape index (κ3) is 6.58. The minimum Gasteiger partial charge on any atom is -0.448 e. The quantitative estimate of drug-likeness (QED) is 0.655. The molecule has 0 N–H and O–H groups in total. The van der Waals surface area contributed by atoms with Gasteiger partial charge in [-0.1, -0.05) is 27.7 Å². The van der Waals surface area contributed by atoms with Crippen LogP contribution in [-0.2, 0) is 9.47 Å². The summed E-state index contributed by atoms with van der Waals surface area (Å²) in [6.07, 6.45) is -1.44. The van der Waals surface area contributed by atoms with Gasteiger partial charge in [0.1, 0.15) is 0 Å². The summed E-state index contributed by atoms with van der Waals surface area (Å²) in [5.41, 5.74) is 1.47. The highest BCUT2D eigenvalue weighted by atomic mass is 16.6. The molecule has 0 aliphatic rings. The second-order valence-corrected chi connectivity index (χ2v) is 6.97. The van der Waals surface area contributed by atoms with Gasteiger partial charge in [0.2, 0.25) is 0 Å². The van der Waals surface area contributed by atoms with Gasteiger partial charge >= 0.3 is 12.2 Å². The first-order chi connectivity index (χ1) is 12.3. The molecule has 0 bridgehead atoms. The van der Waals surface area contributed by atoms with Crippen molar-refractivity contribution in [2.24, 2.45) is 11.8 Å². The highest BCUT2D eigenvalue weighted by Crippen LogP contribution is 2.22. The normalized spacial score (nSPS) is 10.8. The number of imide groups is 1. The molecule has 0 saturated heterocycles. The molecule has 146 valence electrons. The van der Waals surface area contributed by atoms with Crippen LogP contribution in [0.4, 0.5) is 21.0 Å². The van der Waals surface area contributed by atoms with Crippen molar-refractivity contribution in [1.82, 2.24) is 0 Å². The van der Waals surface area contributed by atoms with Crippen molar-refractivity contribution >= 4 is 23.6 Å². The number of hydrogen-bond donors (Lipinski definition) is 0. The van der Waals surface area contributed by atoms with E-state index in [4.69, 9.17) is 9.47 Å². The third-order valence-corrected chi connectivity index (χ3v) is 3.68. The Balaban J connectivity index is 3.02. The van der Waals surface area contributed by atoms with E-state index in [2.05, 4.69) is 18.7 Å². The van der Waals surface area contributed by atoms with Gasteiger partial charge in [-0.25, -0.2) is 9.59 Å². The van der Waals surface area contributed by atoms with E-state index in [0.29, 0.717) is 5.69 Å². The molecule has 26 heavy (non-hydrogen) atoms. The molecule has 0 saturated carbocycles. The van der Waals surface area contributed by atoms with Gasteiger partial charge < -0.3 is 14.4 Å². The third-order valence-electron chi connectivity index (χ3n) is 3.68. The fourth-order valence-electron chi connectivity index (χ4n) is 2.29. The molecule has 0 fully saturated rings. The predicted octanol–water partition coefficient (Wildman–Crippen LogP) is 4.92. The maximum atomic E-state index is 12.5. The maximum absolute atomic E-state index is 12.5. The molecular weight excluding hydrogens is 332 g/mol. The summed E-state index contributed by atoms with van der Waals surface area (Å²) in [6, 6.07) is 7.25. The van der Waals surface area contributed by atoms with Crippen LogP contribution >= 0.6 is 0 Å². The van der Waals surface area contributed by atoms with Gasteiger partial charge in [0.15, 0.2) is 0 Å². The molecule has 6 nitrogen and oxygen atoms in total. The highest BCUT2D eigenvalue weighted by molar-refractivity contribution is 6.09. The standard InChI is InChI=1S/C20H32N2O4/c1-7-21(8-2)17-9-11-18(12-10-17)22(19(23)25-13-15(3)4)20(24)26-14-16(5)6/h9-12,15-16H,7-8,13-14H2,1-6H3. The second-order valence-electron chi connectivity index (χ2n) is 6.97. The van der Waals surface area contributed by atoms with E-state index in [9.17, 15) is 9.59 Å².